The quantitative estimate of drug-likeness (QED) is 0.704. The molecule has 0 aromatic heterocycles. The van der Waals surface area contributed by atoms with Crippen LogP contribution in [-0.4, -0.2) is 25.5 Å². The van der Waals surface area contributed by atoms with Gasteiger partial charge in [-0.2, -0.15) is 0 Å². The monoisotopic (exact) mass is 249 g/mol. The van der Waals surface area contributed by atoms with Gasteiger partial charge in [0.25, 0.3) is 0 Å². The molecule has 1 aromatic carbocycles. The number of halogens is 1. The molecule has 1 heterocycles. The predicted molar refractivity (Wildman–Crippen MR) is 69.0 cm³/mol. The van der Waals surface area contributed by atoms with Gasteiger partial charge in [-0.1, -0.05) is 11.6 Å². The minimum Gasteiger partial charge on any atom is -0.379 e. The normalized spacial score (nSPS) is 15.1. The molecule has 0 aliphatic carbocycles. The van der Waals surface area contributed by atoms with Crippen LogP contribution in [0.4, 0.5) is 10.1 Å². The molecule has 0 radical (unpaired) electrons. The third-order valence-electron chi connectivity index (χ3n) is 2.92. The minimum atomic E-state index is -0.624. The zero-order valence-corrected chi connectivity index (χ0v) is 10.0. The van der Waals surface area contributed by atoms with Crippen molar-refractivity contribution in [2.75, 3.05) is 25.0 Å². The fourth-order valence-electron chi connectivity index (χ4n) is 1.85. The molecule has 4 nitrogen and oxygen atoms in total. The van der Waals surface area contributed by atoms with Gasteiger partial charge >= 0.3 is 0 Å². The predicted octanol–water partition coefficient (Wildman–Crippen LogP) is 1.26. The van der Waals surface area contributed by atoms with Crippen molar-refractivity contribution in [3.8, 4) is 0 Å². The van der Waals surface area contributed by atoms with Crippen LogP contribution in [0.5, 0.6) is 0 Å². The molecule has 0 spiro atoms. The highest BCUT2D eigenvalue weighted by Crippen LogP contribution is 2.16. The molecule has 1 aromatic rings. The number of anilines is 1. The van der Waals surface area contributed by atoms with Crippen molar-refractivity contribution in [3.63, 3.8) is 0 Å². The van der Waals surface area contributed by atoms with Crippen LogP contribution in [0.15, 0.2) is 29.8 Å². The molecular weight excluding hydrogens is 233 g/mol. The van der Waals surface area contributed by atoms with Crippen LogP contribution >= 0.6 is 0 Å². The van der Waals surface area contributed by atoms with Crippen LogP contribution in [0.2, 0.25) is 0 Å². The van der Waals surface area contributed by atoms with Crippen LogP contribution in [0.25, 0.3) is 0 Å². The van der Waals surface area contributed by atoms with Gasteiger partial charge in [-0.3, -0.25) is 4.79 Å². The van der Waals surface area contributed by atoms with E-state index in [9.17, 15) is 9.18 Å². The third-order valence-corrected chi connectivity index (χ3v) is 2.92. The molecule has 1 amide bonds. The fourth-order valence-corrected chi connectivity index (χ4v) is 1.85. The molecule has 0 atom stereocenters. The molecular formula is C13H16FN3O. The lowest BCUT2D eigenvalue weighted by Gasteiger charge is -2.15. The molecule has 18 heavy (non-hydrogen) atoms. The Balaban J connectivity index is 2.01. The van der Waals surface area contributed by atoms with E-state index in [0.717, 1.165) is 25.6 Å². The van der Waals surface area contributed by atoms with Crippen molar-refractivity contribution in [1.82, 2.24) is 5.32 Å². The fraction of sp³-hybridized carbons (Fsp3) is 0.308. The Labute approximate surface area is 105 Å². The topological polar surface area (TPSA) is 67.2 Å². The highest BCUT2D eigenvalue weighted by molar-refractivity contribution is 5.93. The first-order chi connectivity index (χ1) is 8.66. The molecule has 96 valence electrons. The number of primary amides is 1. The van der Waals surface area contributed by atoms with Gasteiger partial charge in [-0.15, -0.1) is 0 Å². The Bertz CT molecular complexity index is 485. The van der Waals surface area contributed by atoms with E-state index in [4.69, 9.17) is 5.73 Å². The van der Waals surface area contributed by atoms with Gasteiger partial charge in [0.15, 0.2) is 0 Å². The summed E-state index contributed by atoms with van der Waals surface area (Å²) in [5.74, 6) is -1.08. The summed E-state index contributed by atoms with van der Waals surface area (Å²) < 4.78 is 13.7. The summed E-state index contributed by atoms with van der Waals surface area (Å²) in [5.41, 5.74) is 6.91. The number of carbonyl (C=O) groups is 1. The number of carbonyl (C=O) groups excluding carboxylic acids is 1. The van der Waals surface area contributed by atoms with Crippen molar-refractivity contribution in [3.05, 3.63) is 41.2 Å². The van der Waals surface area contributed by atoms with Gasteiger partial charge < -0.3 is 16.4 Å². The number of benzene rings is 1. The smallest absolute Gasteiger partial charge is 0.248 e. The molecule has 0 fully saturated rings. The zero-order chi connectivity index (χ0) is 13.0. The van der Waals surface area contributed by atoms with Crippen LogP contribution in [0.1, 0.15) is 16.8 Å². The second kappa shape index (κ2) is 5.64. The summed E-state index contributed by atoms with van der Waals surface area (Å²) in [6, 6.07) is 4.21. The first kappa shape index (κ1) is 12.6. The summed E-state index contributed by atoms with van der Waals surface area (Å²) in [4.78, 5) is 10.9. The van der Waals surface area contributed by atoms with E-state index in [0.29, 0.717) is 12.2 Å². The Morgan fingerprint density at radius 1 is 1.50 bits per heavy atom. The Hall–Kier alpha value is -1.88. The molecule has 1 aliphatic rings. The third kappa shape index (κ3) is 3.07. The highest BCUT2D eigenvalue weighted by atomic mass is 19.1. The number of nitrogens with two attached hydrogens (primary N) is 1. The largest absolute Gasteiger partial charge is 0.379 e. The van der Waals surface area contributed by atoms with Gasteiger partial charge in [-0.05, 0) is 31.2 Å². The van der Waals surface area contributed by atoms with E-state index in [1.807, 2.05) is 0 Å². The highest BCUT2D eigenvalue weighted by Gasteiger charge is 2.08. The van der Waals surface area contributed by atoms with Gasteiger partial charge in [0, 0.05) is 18.7 Å². The molecule has 0 bridgehead atoms. The van der Waals surface area contributed by atoms with Gasteiger partial charge in [0.2, 0.25) is 5.91 Å². The first-order valence-corrected chi connectivity index (χ1v) is 5.88. The molecule has 4 N–H and O–H groups in total. The van der Waals surface area contributed by atoms with Crippen LogP contribution < -0.4 is 16.4 Å². The average Bonchev–Trinajstić information content (AvgIpc) is 2.38. The van der Waals surface area contributed by atoms with Gasteiger partial charge in [0.05, 0.1) is 5.69 Å². The van der Waals surface area contributed by atoms with Crippen molar-refractivity contribution >= 4 is 11.6 Å². The standard InChI is InChI=1S/C13H16FN3O/c14-11-7-10(13(15)18)1-2-12(11)17-8-9-3-5-16-6-4-9/h1-3,7,16-17H,4-6,8H2,(H2,15,18). The second-order valence-corrected chi connectivity index (χ2v) is 4.23. The molecule has 5 heteroatoms. The van der Waals surface area contributed by atoms with Gasteiger partial charge in [0.1, 0.15) is 5.82 Å². The lowest BCUT2D eigenvalue weighted by Crippen LogP contribution is -2.23. The number of amides is 1. The van der Waals surface area contributed by atoms with Crippen molar-refractivity contribution < 1.29 is 9.18 Å². The first-order valence-electron chi connectivity index (χ1n) is 5.88. The van der Waals surface area contributed by atoms with E-state index < -0.39 is 11.7 Å². The lowest BCUT2D eigenvalue weighted by molar-refractivity contribution is 0.1000. The molecule has 0 saturated heterocycles. The van der Waals surface area contributed by atoms with E-state index in [1.165, 1.54) is 17.7 Å². The van der Waals surface area contributed by atoms with Crippen LogP contribution in [0, 0.1) is 5.82 Å². The van der Waals surface area contributed by atoms with Gasteiger partial charge in [-0.25, -0.2) is 4.39 Å². The van der Waals surface area contributed by atoms with Crippen LogP contribution in [-0.2, 0) is 0 Å². The van der Waals surface area contributed by atoms with E-state index in [2.05, 4.69) is 16.7 Å². The maximum absolute atomic E-state index is 13.7. The summed E-state index contributed by atoms with van der Waals surface area (Å²) in [6.45, 7) is 2.44. The Kier molecular flexibility index (Phi) is 3.94. The van der Waals surface area contributed by atoms with Crippen molar-refractivity contribution in [1.29, 1.82) is 0 Å². The van der Waals surface area contributed by atoms with E-state index >= 15 is 0 Å². The van der Waals surface area contributed by atoms with E-state index in [1.54, 1.807) is 0 Å². The summed E-state index contributed by atoms with van der Waals surface area (Å²) in [7, 11) is 0. The second-order valence-electron chi connectivity index (χ2n) is 4.23. The molecule has 0 saturated carbocycles. The SMILES string of the molecule is NC(=O)c1ccc(NCC2=CCNCC2)c(F)c1. The molecule has 2 rings (SSSR count). The summed E-state index contributed by atoms with van der Waals surface area (Å²) in [5, 5.41) is 6.24. The van der Waals surface area contributed by atoms with Crippen LogP contribution in [0.3, 0.4) is 0 Å². The van der Waals surface area contributed by atoms with Crippen molar-refractivity contribution in [2.45, 2.75) is 6.42 Å². The Morgan fingerprint density at radius 3 is 2.94 bits per heavy atom. The average molecular weight is 249 g/mol. The number of rotatable bonds is 4. The number of nitrogens with one attached hydrogen (secondary N) is 2. The summed E-state index contributed by atoms with van der Waals surface area (Å²) in [6.07, 6.45) is 3.07. The van der Waals surface area contributed by atoms with Crippen molar-refractivity contribution in [2.24, 2.45) is 5.73 Å². The maximum Gasteiger partial charge on any atom is 0.248 e. The molecule has 0 unspecified atom stereocenters. The minimum absolute atomic E-state index is 0.180. The number of hydrogen-bond donors (Lipinski definition) is 3. The lowest BCUT2D eigenvalue weighted by atomic mass is 10.1. The zero-order valence-electron chi connectivity index (χ0n) is 10.0. The summed E-state index contributed by atoms with van der Waals surface area (Å²) >= 11 is 0. The Morgan fingerprint density at radius 2 is 2.33 bits per heavy atom. The molecule has 1 aliphatic heterocycles. The number of hydrogen-bond acceptors (Lipinski definition) is 3. The van der Waals surface area contributed by atoms with E-state index in [-0.39, 0.29) is 5.56 Å². The maximum atomic E-state index is 13.7.